The highest BCUT2D eigenvalue weighted by Gasteiger charge is 2.06. The van der Waals surface area contributed by atoms with Gasteiger partial charge in [-0.2, -0.15) is 5.10 Å². The lowest BCUT2D eigenvalue weighted by molar-refractivity contribution is 0.111. The van der Waals surface area contributed by atoms with Gasteiger partial charge in [0.1, 0.15) is 18.7 Å². The minimum absolute atomic E-state index is 0.304. The molecule has 88 valence electrons. The number of hydrogen-bond donors (Lipinski definition) is 0. The molecule has 17 heavy (non-hydrogen) atoms. The molecule has 0 aliphatic heterocycles. The van der Waals surface area contributed by atoms with Crippen LogP contribution in [-0.2, 0) is 13.2 Å². The summed E-state index contributed by atoms with van der Waals surface area (Å²) in [5.41, 5.74) is 0.537. The second-order valence-electron chi connectivity index (χ2n) is 3.44. The Balaban J connectivity index is 2.09. The highest BCUT2D eigenvalue weighted by molar-refractivity contribution is 5.79. The van der Waals surface area contributed by atoms with E-state index < -0.39 is 0 Å². The molecule has 1 aromatic carbocycles. The zero-order chi connectivity index (χ0) is 12.1. The van der Waals surface area contributed by atoms with Crippen molar-refractivity contribution in [3.8, 4) is 5.75 Å². The van der Waals surface area contributed by atoms with E-state index in [4.69, 9.17) is 4.74 Å². The zero-order valence-corrected chi connectivity index (χ0v) is 9.54. The lowest BCUT2D eigenvalue weighted by Crippen LogP contribution is -2.07. The molecule has 0 saturated heterocycles. The van der Waals surface area contributed by atoms with Crippen LogP contribution in [0.4, 0.5) is 0 Å². The number of para-hydroxylation sites is 1. The van der Waals surface area contributed by atoms with Gasteiger partial charge in [0.2, 0.25) is 0 Å². The maximum absolute atomic E-state index is 10.8. The molecule has 1 heterocycles. The maximum atomic E-state index is 10.8. The number of carbonyl (C=O) groups excluding carboxylic acids is 1. The molecule has 0 N–H and O–H groups in total. The number of carbonyl (C=O) groups is 1. The Labute approximate surface area is 99.1 Å². The normalized spacial score (nSPS) is 10.2. The van der Waals surface area contributed by atoms with E-state index in [-0.39, 0.29) is 0 Å². The molecule has 0 spiro atoms. The minimum atomic E-state index is 0.304. The van der Waals surface area contributed by atoms with Crippen LogP contribution in [0.1, 0.15) is 23.1 Å². The Morgan fingerprint density at radius 3 is 3.00 bits per heavy atom. The average molecular weight is 231 g/mol. The van der Waals surface area contributed by atoms with E-state index in [1.54, 1.807) is 22.9 Å². The summed E-state index contributed by atoms with van der Waals surface area (Å²) in [6.07, 6.45) is 2.27. The molecule has 0 aliphatic carbocycles. The molecule has 0 aliphatic rings. The van der Waals surface area contributed by atoms with Gasteiger partial charge in [0, 0.05) is 6.54 Å². The van der Waals surface area contributed by atoms with Gasteiger partial charge in [-0.25, -0.2) is 9.67 Å². The van der Waals surface area contributed by atoms with E-state index in [0.29, 0.717) is 17.9 Å². The molecule has 1 aromatic heterocycles. The third-order valence-electron chi connectivity index (χ3n) is 2.40. The van der Waals surface area contributed by atoms with Crippen molar-refractivity contribution >= 4 is 6.29 Å². The van der Waals surface area contributed by atoms with E-state index in [1.165, 1.54) is 6.33 Å². The van der Waals surface area contributed by atoms with E-state index in [2.05, 4.69) is 10.1 Å². The number of rotatable bonds is 5. The second kappa shape index (κ2) is 5.25. The predicted molar refractivity (Wildman–Crippen MR) is 61.9 cm³/mol. The van der Waals surface area contributed by atoms with Crippen molar-refractivity contribution in [3.05, 3.63) is 42.0 Å². The van der Waals surface area contributed by atoms with Gasteiger partial charge in [0.25, 0.3) is 0 Å². The highest BCUT2D eigenvalue weighted by atomic mass is 16.5. The monoisotopic (exact) mass is 231 g/mol. The van der Waals surface area contributed by atoms with Gasteiger partial charge in [0.05, 0.1) is 5.56 Å². The van der Waals surface area contributed by atoms with Gasteiger partial charge >= 0.3 is 0 Å². The third kappa shape index (κ3) is 2.50. The molecule has 5 heteroatoms. The van der Waals surface area contributed by atoms with Crippen molar-refractivity contribution < 1.29 is 9.53 Å². The van der Waals surface area contributed by atoms with Gasteiger partial charge < -0.3 is 4.74 Å². The molecule has 5 nitrogen and oxygen atoms in total. The van der Waals surface area contributed by atoms with Crippen LogP contribution < -0.4 is 4.74 Å². The van der Waals surface area contributed by atoms with Crippen molar-refractivity contribution in [2.45, 2.75) is 20.1 Å². The molecule has 0 fully saturated rings. The van der Waals surface area contributed by atoms with Gasteiger partial charge in [-0.1, -0.05) is 12.1 Å². The number of aromatic nitrogens is 3. The van der Waals surface area contributed by atoms with Crippen LogP contribution in [0.15, 0.2) is 30.6 Å². The smallest absolute Gasteiger partial charge is 0.164 e. The number of aryl methyl sites for hydroxylation is 1. The number of benzene rings is 1. The zero-order valence-electron chi connectivity index (χ0n) is 9.54. The molecule has 0 saturated carbocycles. The summed E-state index contributed by atoms with van der Waals surface area (Å²) < 4.78 is 7.31. The highest BCUT2D eigenvalue weighted by Crippen LogP contribution is 2.16. The molecular formula is C12H13N3O2. The summed E-state index contributed by atoms with van der Waals surface area (Å²) in [4.78, 5) is 14.9. The number of hydrogen-bond acceptors (Lipinski definition) is 4. The average Bonchev–Trinajstić information content (AvgIpc) is 2.84. The van der Waals surface area contributed by atoms with Gasteiger partial charge in [0.15, 0.2) is 12.1 Å². The summed E-state index contributed by atoms with van der Waals surface area (Å²) in [7, 11) is 0. The van der Waals surface area contributed by atoms with Crippen molar-refractivity contribution in [2.24, 2.45) is 0 Å². The van der Waals surface area contributed by atoms with E-state index in [9.17, 15) is 4.79 Å². The molecule has 0 amide bonds. The molecule has 0 bridgehead atoms. The maximum Gasteiger partial charge on any atom is 0.164 e. The number of aldehydes is 1. The van der Waals surface area contributed by atoms with Gasteiger partial charge in [-0.05, 0) is 19.1 Å². The fourth-order valence-electron chi connectivity index (χ4n) is 1.52. The molecule has 2 rings (SSSR count). The van der Waals surface area contributed by atoms with E-state index >= 15 is 0 Å². The predicted octanol–water partition coefficient (Wildman–Crippen LogP) is 1.69. The number of ether oxygens (including phenoxy) is 1. The third-order valence-corrected chi connectivity index (χ3v) is 2.40. The standard InChI is InChI=1S/C12H13N3O2/c1-2-15-12(13-9-14-15)8-17-11-6-4-3-5-10(11)7-16/h3-7,9H,2,8H2,1H3. The Bertz CT molecular complexity index is 508. The van der Waals surface area contributed by atoms with Crippen LogP contribution in [0.5, 0.6) is 5.75 Å². The van der Waals surface area contributed by atoms with Crippen LogP contribution in [0.2, 0.25) is 0 Å². The quantitative estimate of drug-likeness (QED) is 0.735. The van der Waals surface area contributed by atoms with Crippen molar-refractivity contribution in [2.75, 3.05) is 0 Å². The summed E-state index contributed by atoms with van der Waals surface area (Å²) in [5.74, 6) is 1.31. The van der Waals surface area contributed by atoms with Crippen molar-refractivity contribution in [1.82, 2.24) is 14.8 Å². The molecule has 0 atom stereocenters. The fourth-order valence-corrected chi connectivity index (χ4v) is 1.52. The largest absolute Gasteiger partial charge is 0.485 e. The van der Waals surface area contributed by atoms with Crippen LogP contribution in [0, 0.1) is 0 Å². The fraction of sp³-hybridized carbons (Fsp3) is 0.250. The summed E-state index contributed by atoms with van der Waals surface area (Å²) in [6, 6.07) is 7.10. The Morgan fingerprint density at radius 2 is 2.24 bits per heavy atom. The molecule has 2 aromatic rings. The molecule has 0 radical (unpaired) electrons. The first-order chi connectivity index (χ1) is 8.35. The van der Waals surface area contributed by atoms with Crippen LogP contribution in [0.3, 0.4) is 0 Å². The van der Waals surface area contributed by atoms with Crippen LogP contribution >= 0.6 is 0 Å². The lowest BCUT2D eigenvalue weighted by Gasteiger charge is -2.08. The van der Waals surface area contributed by atoms with Crippen molar-refractivity contribution in [1.29, 1.82) is 0 Å². The minimum Gasteiger partial charge on any atom is -0.485 e. The topological polar surface area (TPSA) is 57.0 Å². The molecular weight excluding hydrogens is 218 g/mol. The number of nitrogens with zero attached hydrogens (tertiary/aromatic N) is 3. The molecule has 0 unspecified atom stereocenters. The summed E-state index contributed by atoms with van der Waals surface area (Å²) in [6.45, 7) is 3.03. The Kier molecular flexibility index (Phi) is 3.49. The Hall–Kier alpha value is -2.17. The van der Waals surface area contributed by atoms with Crippen molar-refractivity contribution in [3.63, 3.8) is 0 Å². The lowest BCUT2D eigenvalue weighted by atomic mass is 10.2. The van der Waals surface area contributed by atoms with Crippen LogP contribution in [-0.4, -0.2) is 21.1 Å². The van der Waals surface area contributed by atoms with Crippen LogP contribution in [0.25, 0.3) is 0 Å². The first-order valence-electron chi connectivity index (χ1n) is 5.39. The summed E-state index contributed by atoms with van der Waals surface area (Å²) in [5, 5.41) is 4.05. The second-order valence-corrected chi connectivity index (χ2v) is 3.44. The summed E-state index contributed by atoms with van der Waals surface area (Å²) >= 11 is 0. The van der Waals surface area contributed by atoms with E-state index in [0.717, 1.165) is 18.7 Å². The van der Waals surface area contributed by atoms with E-state index in [1.807, 2.05) is 13.0 Å². The Morgan fingerprint density at radius 1 is 1.41 bits per heavy atom. The first-order valence-corrected chi connectivity index (χ1v) is 5.39. The van der Waals surface area contributed by atoms with Gasteiger partial charge in [-0.3, -0.25) is 4.79 Å². The first kappa shape index (κ1) is 11.3. The van der Waals surface area contributed by atoms with Gasteiger partial charge in [-0.15, -0.1) is 0 Å². The SMILES string of the molecule is CCn1ncnc1COc1ccccc1C=O.